The zero-order chi connectivity index (χ0) is 38.9. The largest absolute Gasteiger partial charge is 0.380 e. The van der Waals surface area contributed by atoms with Gasteiger partial charge in [0.2, 0.25) is 23.6 Å². The average molecular weight is 1050 g/mol. The summed E-state index contributed by atoms with van der Waals surface area (Å²) in [5, 5.41) is 18.5. The van der Waals surface area contributed by atoms with Crippen molar-refractivity contribution >= 4 is 46.2 Å². The first kappa shape index (κ1) is 48.4. The number of imidazole rings is 1. The van der Waals surface area contributed by atoms with Gasteiger partial charge in [0.25, 0.3) is 0 Å². The molecule has 0 saturated carbocycles. The van der Waals surface area contributed by atoms with Gasteiger partial charge < -0.3 is 60.3 Å². The number of nitrogens with zero attached hydrogens (tertiary/aromatic N) is 2. The molecule has 1 heterocycles. The van der Waals surface area contributed by atoms with Gasteiger partial charge in [-0.1, -0.05) is 66.7 Å². The number of carbonyl (C=O) groups is 6. The van der Waals surface area contributed by atoms with Crippen molar-refractivity contribution in [3.05, 3.63) is 115 Å². The Balaban J connectivity index is 0.00000541. The molecule has 56 heavy (non-hydrogen) atoms. The van der Waals surface area contributed by atoms with E-state index in [2.05, 4.69) is 55.7 Å². The first-order chi connectivity index (χ1) is 26.0. The monoisotopic (exact) mass is 1050 g/mol. The molecular formula is C39H47Gd2N9O6-2. The Kier molecular flexibility index (Phi) is 22.1. The normalized spacial score (nSPS) is 11.5. The van der Waals surface area contributed by atoms with Crippen molar-refractivity contribution < 1.29 is 109 Å². The summed E-state index contributed by atoms with van der Waals surface area (Å²) in [5.74, 6) is -2.37. The molecule has 6 amide bonds. The molecule has 0 saturated heterocycles. The maximum absolute atomic E-state index is 13.8. The summed E-state index contributed by atoms with van der Waals surface area (Å²) in [5.41, 5.74) is 3.16. The summed E-state index contributed by atoms with van der Waals surface area (Å²) < 4.78 is 0. The van der Waals surface area contributed by atoms with Gasteiger partial charge in [0.15, 0.2) is 0 Å². The zero-order valence-electron chi connectivity index (χ0n) is 31.0. The standard InChI is InChI=1S/C39H47N9O6.2Gd/c1-26(49)41-15-17-48(18-16-42-27(2)50)24-37(52)43-21-29-11-13-30(14-12-29)22-44-38(53)35(19-32-9-6-8-31-7-4-5-10-34(31)32)47-39(54)36(46-28(3)51)20-33-23-40-25-45-33;;/h4-14,23,25,35-36H,1-2,15-22,24H2,3H3,(H,40,45)(H,41,49)(H,42,50)(H,43,52)(H,44,53)(H,46,51)(H,47,54);;/q-2;;/t35-,36-;;/m0../s1. The molecule has 17 heteroatoms. The third kappa shape index (κ3) is 17.2. The molecular weight excluding hydrogens is 1000 g/mol. The number of carbonyl (C=O) groups excluding carboxylic acids is 6. The van der Waals surface area contributed by atoms with Gasteiger partial charge in [-0.2, -0.15) is 0 Å². The molecule has 0 unspecified atom stereocenters. The topological polar surface area (TPSA) is 207 Å². The fourth-order valence-corrected chi connectivity index (χ4v) is 5.77. The number of aromatic nitrogens is 2. The van der Waals surface area contributed by atoms with Gasteiger partial charge in [-0.15, -0.1) is 0 Å². The second-order valence-corrected chi connectivity index (χ2v) is 12.7. The Morgan fingerprint density at radius 3 is 1.89 bits per heavy atom. The van der Waals surface area contributed by atoms with Crippen LogP contribution in [0.25, 0.3) is 10.8 Å². The summed E-state index contributed by atoms with van der Waals surface area (Å²) in [6.45, 7) is 9.73. The van der Waals surface area contributed by atoms with Gasteiger partial charge in [-0.3, -0.25) is 24.1 Å². The zero-order valence-corrected chi connectivity index (χ0v) is 35.5. The molecule has 15 nitrogen and oxygen atoms in total. The number of hydrogen-bond acceptors (Lipinski definition) is 8. The van der Waals surface area contributed by atoms with Crippen LogP contribution in [-0.2, 0) is 54.7 Å². The van der Waals surface area contributed by atoms with Crippen LogP contribution in [0.3, 0.4) is 0 Å². The van der Waals surface area contributed by atoms with E-state index in [0.29, 0.717) is 31.9 Å². The summed E-state index contributed by atoms with van der Waals surface area (Å²) in [7, 11) is 0. The summed E-state index contributed by atoms with van der Waals surface area (Å²) in [6.07, 6.45) is 3.43. The number of aromatic amines is 1. The van der Waals surface area contributed by atoms with E-state index < -0.39 is 35.7 Å². The quantitative estimate of drug-likeness (QED) is 0.0619. The molecule has 0 aliphatic carbocycles. The van der Waals surface area contributed by atoms with E-state index >= 15 is 0 Å². The third-order valence-corrected chi connectivity index (χ3v) is 8.46. The number of fused-ring (bicyclic) bond motifs is 1. The number of nitrogens with one attached hydrogen (secondary N) is 7. The van der Waals surface area contributed by atoms with Crippen LogP contribution in [0, 0.1) is 93.7 Å². The molecule has 302 valence electrons. The van der Waals surface area contributed by atoms with Gasteiger partial charge in [-0.25, -0.2) is 4.98 Å². The third-order valence-electron chi connectivity index (χ3n) is 8.46. The van der Waals surface area contributed by atoms with Crippen LogP contribution < -0.4 is 31.9 Å². The summed E-state index contributed by atoms with van der Waals surface area (Å²) >= 11 is 0. The van der Waals surface area contributed by atoms with Crippen LogP contribution in [0.15, 0.2) is 79.3 Å². The minimum absolute atomic E-state index is 0. The Labute approximate surface area is 390 Å². The number of benzene rings is 3. The maximum atomic E-state index is 13.8. The molecule has 0 fully saturated rings. The van der Waals surface area contributed by atoms with Crippen LogP contribution in [0.1, 0.15) is 29.3 Å². The fraction of sp³-hybridized carbons (Fsp3) is 0.308. The van der Waals surface area contributed by atoms with Crippen molar-refractivity contribution in [1.82, 2.24) is 46.8 Å². The molecule has 2 atom stereocenters. The molecule has 0 bridgehead atoms. The van der Waals surface area contributed by atoms with Gasteiger partial charge in [0.1, 0.15) is 12.1 Å². The molecule has 0 aliphatic heterocycles. The van der Waals surface area contributed by atoms with E-state index in [0.717, 1.165) is 27.5 Å². The molecule has 4 rings (SSSR count). The van der Waals surface area contributed by atoms with E-state index in [1.807, 2.05) is 66.7 Å². The van der Waals surface area contributed by atoms with Crippen molar-refractivity contribution in [3.63, 3.8) is 0 Å². The predicted octanol–water partition coefficient (Wildman–Crippen LogP) is 0.473. The fourth-order valence-electron chi connectivity index (χ4n) is 5.77. The first-order valence-corrected chi connectivity index (χ1v) is 17.5. The molecule has 4 aromatic rings. The van der Waals surface area contributed by atoms with Crippen molar-refractivity contribution in [1.29, 1.82) is 0 Å². The van der Waals surface area contributed by atoms with Crippen LogP contribution in [-0.4, -0.2) is 95.1 Å². The number of rotatable bonds is 20. The van der Waals surface area contributed by atoms with E-state index in [4.69, 9.17) is 0 Å². The molecule has 1 aromatic heterocycles. The van der Waals surface area contributed by atoms with Crippen molar-refractivity contribution in [2.45, 2.75) is 44.9 Å². The molecule has 7 N–H and O–H groups in total. The van der Waals surface area contributed by atoms with Gasteiger partial charge in [-0.05, 0) is 27.5 Å². The molecule has 0 aliphatic rings. The Morgan fingerprint density at radius 1 is 0.714 bits per heavy atom. The smallest absolute Gasteiger partial charge is 0.243 e. The minimum atomic E-state index is -0.958. The average Bonchev–Trinajstić information content (AvgIpc) is 3.65. The van der Waals surface area contributed by atoms with Gasteiger partial charge >= 0.3 is 0 Å². The van der Waals surface area contributed by atoms with E-state index in [1.54, 1.807) is 11.1 Å². The second kappa shape index (κ2) is 25.5. The van der Waals surface area contributed by atoms with E-state index in [-0.39, 0.29) is 124 Å². The van der Waals surface area contributed by atoms with Crippen LogP contribution in [0.5, 0.6) is 0 Å². The van der Waals surface area contributed by atoms with Crippen LogP contribution >= 0.6 is 0 Å². The van der Waals surface area contributed by atoms with Crippen LogP contribution in [0.4, 0.5) is 0 Å². The number of hydrogen-bond donors (Lipinski definition) is 7. The van der Waals surface area contributed by atoms with Crippen LogP contribution in [0.2, 0.25) is 0 Å². The van der Waals surface area contributed by atoms with E-state index in [1.165, 1.54) is 13.3 Å². The SMILES string of the molecule is [CH2-]C(=O)NCCN(CCNC([CH2-])=O)CC(=O)NCc1ccc(CNC(=O)[C@H](Cc2cccc3ccccc23)NC(=O)[C@H](Cc2cnc[nH]2)NC(C)=O)cc1.[Gd].[Gd]. The number of H-pyrrole nitrogens is 1. The summed E-state index contributed by atoms with van der Waals surface area (Å²) in [6, 6.07) is 19.1. The van der Waals surface area contributed by atoms with Crippen molar-refractivity contribution in [2.75, 3.05) is 32.7 Å². The van der Waals surface area contributed by atoms with Gasteiger partial charge in [0.05, 0.1) is 24.7 Å². The first-order valence-electron chi connectivity index (χ1n) is 17.5. The second-order valence-electron chi connectivity index (χ2n) is 12.7. The number of amides is 6. The Morgan fingerprint density at radius 2 is 1.30 bits per heavy atom. The minimum Gasteiger partial charge on any atom is -0.380 e. The Bertz CT molecular complexity index is 1870. The molecule has 3 aromatic carbocycles. The van der Waals surface area contributed by atoms with Crippen molar-refractivity contribution in [2.24, 2.45) is 0 Å². The van der Waals surface area contributed by atoms with Gasteiger partial charge in [0, 0.05) is 151 Å². The van der Waals surface area contributed by atoms with Crippen molar-refractivity contribution in [3.8, 4) is 0 Å². The maximum Gasteiger partial charge on any atom is 0.243 e. The predicted molar refractivity (Wildman–Crippen MR) is 203 cm³/mol. The Hall–Kier alpha value is -3.70. The van der Waals surface area contributed by atoms with E-state index in [9.17, 15) is 28.8 Å². The summed E-state index contributed by atoms with van der Waals surface area (Å²) in [4.78, 5) is 83.1. The molecule has 0 spiro atoms. The molecule has 0 radical (unpaired) electrons.